The topological polar surface area (TPSA) is 46.5 Å². The summed E-state index contributed by atoms with van der Waals surface area (Å²) in [5.41, 5.74) is 0.726. The Kier molecular flexibility index (Phi) is 4.32. The molecule has 0 spiro atoms. The Balaban J connectivity index is 2.14. The Morgan fingerprint density at radius 2 is 1.81 bits per heavy atom. The van der Waals surface area contributed by atoms with Crippen molar-refractivity contribution in [1.29, 1.82) is 0 Å². The lowest BCUT2D eigenvalue weighted by Crippen LogP contribution is -2.16. The summed E-state index contributed by atoms with van der Waals surface area (Å²) in [5, 5.41) is 8.53. The second-order valence-corrected chi connectivity index (χ2v) is 5.06. The molecule has 21 heavy (non-hydrogen) atoms. The summed E-state index contributed by atoms with van der Waals surface area (Å²) in [5.74, 6) is -1.33. The van der Waals surface area contributed by atoms with Crippen LogP contribution in [0.2, 0.25) is 0 Å². The molecule has 2 aromatic rings. The van der Waals surface area contributed by atoms with E-state index in [0.717, 1.165) is 21.4 Å². The molecule has 0 saturated heterocycles. The molecule has 0 amide bonds. The molecule has 1 heterocycles. The Labute approximate surface area is 121 Å². The van der Waals surface area contributed by atoms with Gasteiger partial charge in [0.25, 0.3) is 0 Å². The van der Waals surface area contributed by atoms with Gasteiger partial charge in [0.15, 0.2) is 0 Å². The van der Waals surface area contributed by atoms with E-state index in [0.29, 0.717) is 0 Å². The molecule has 0 unspecified atom stereocenters. The van der Waals surface area contributed by atoms with Gasteiger partial charge in [0.05, 0.1) is 0 Å². The van der Waals surface area contributed by atoms with Crippen molar-refractivity contribution in [2.75, 3.05) is 0 Å². The van der Waals surface area contributed by atoms with Gasteiger partial charge in [-0.1, -0.05) is 0 Å². The molecule has 0 aliphatic rings. The van der Waals surface area contributed by atoms with E-state index in [4.69, 9.17) is 5.11 Å². The molecule has 1 N–H and O–H groups in total. The van der Waals surface area contributed by atoms with Gasteiger partial charge in [0.1, 0.15) is 5.75 Å². The monoisotopic (exact) mass is 314 g/mol. The molecule has 110 valence electrons. The Hall–Kier alpha value is -2.28. The summed E-state index contributed by atoms with van der Waals surface area (Å²) in [6.45, 7) is 0. The van der Waals surface area contributed by atoms with Crippen LogP contribution in [-0.2, 0) is 4.79 Å². The maximum atomic E-state index is 12.0. The highest BCUT2D eigenvalue weighted by atomic mass is 32.1. The van der Waals surface area contributed by atoms with E-state index in [1.165, 1.54) is 41.7 Å². The van der Waals surface area contributed by atoms with Crippen LogP contribution in [0, 0.1) is 0 Å². The van der Waals surface area contributed by atoms with Crippen LogP contribution in [0.4, 0.5) is 13.2 Å². The molecule has 0 aliphatic carbocycles. The highest BCUT2D eigenvalue weighted by molar-refractivity contribution is 7.16. The van der Waals surface area contributed by atoms with E-state index < -0.39 is 12.3 Å². The quantitative estimate of drug-likeness (QED) is 0.850. The Morgan fingerprint density at radius 1 is 1.14 bits per heavy atom. The fourth-order valence-corrected chi connectivity index (χ4v) is 2.49. The van der Waals surface area contributed by atoms with E-state index in [1.807, 2.05) is 0 Å². The third-order valence-electron chi connectivity index (χ3n) is 2.39. The number of carbonyl (C=O) groups is 1. The molecule has 0 saturated carbocycles. The first kappa shape index (κ1) is 15.1. The average molecular weight is 314 g/mol. The lowest BCUT2D eigenvalue weighted by atomic mass is 10.2. The van der Waals surface area contributed by atoms with E-state index in [2.05, 4.69) is 4.74 Å². The van der Waals surface area contributed by atoms with E-state index in [-0.39, 0.29) is 5.75 Å². The fourth-order valence-electron chi connectivity index (χ4n) is 1.57. The van der Waals surface area contributed by atoms with Gasteiger partial charge in [0.2, 0.25) is 0 Å². The minimum Gasteiger partial charge on any atom is -0.478 e. The van der Waals surface area contributed by atoms with Crippen LogP contribution in [0.3, 0.4) is 0 Å². The van der Waals surface area contributed by atoms with Gasteiger partial charge in [-0.3, -0.25) is 0 Å². The first-order valence-electron chi connectivity index (χ1n) is 5.70. The largest absolute Gasteiger partial charge is 0.573 e. The zero-order valence-corrected chi connectivity index (χ0v) is 11.2. The number of aliphatic carboxylic acids is 1. The Bertz CT molecular complexity index is 657. The smallest absolute Gasteiger partial charge is 0.478 e. The first-order chi connectivity index (χ1) is 9.83. The number of halogens is 3. The maximum Gasteiger partial charge on any atom is 0.573 e. The highest BCUT2D eigenvalue weighted by Gasteiger charge is 2.30. The maximum absolute atomic E-state index is 12.0. The third kappa shape index (κ3) is 4.64. The predicted octanol–water partition coefficient (Wildman–Crippen LogP) is 4.41. The summed E-state index contributed by atoms with van der Waals surface area (Å²) in [6, 6.07) is 8.99. The zero-order chi connectivity index (χ0) is 15.5. The van der Waals surface area contributed by atoms with Crippen LogP contribution in [0.1, 0.15) is 4.88 Å². The fraction of sp³-hybridized carbons (Fsp3) is 0.0714. The second-order valence-electron chi connectivity index (χ2n) is 3.95. The van der Waals surface area contributed by atoms with Gasteiger partial charge in [-0.25, -0.2) is 4.79 Å². The molecule has 3 nitrogen and oxygen atoms in total. The number of alkyl halides is 3. The summed E-state index contributed by atoms with van der Waals surface area (Å²) >= 11 is 1.33. The highest BCUT2D eigenvalue weighted by Crippen LogP contribution is 2.31. The molecule has 1 aromatic heterocycles. The van der Waals surface area contributed by atoms with Crippen molar-refractivity contribution >= 4 is 23.4 Å². The van der Waals surface area contributed by atoms with Crippen molar-refractivity contribution in [1.82, 2.24) is 0 Å². The number of carboxylic acids is 1. The number of benzene rings is 1. The molecule has 7 heteroatoms. The number of hydrogen-bond acceptors (Lipinski definition) is 3. The standard InChI is InChI=1S/C14H9F3O3S/c15-14(16,17)20-10-3-1-9(2-4-10)12-7-5-11(21-12)6-8-13(18)19/h1-8H,(H,18,19)/b8-6+. The van der Waals surface area contributed by atoms with Crippen molar-refractivity contribution < 1.29 is 27.8 Å². The molecule has 0 aliphatic heterocycles. The number of ether oxygens (including phenoxy) is 1. The van der Waals surface area contributed by atoms with E-state index >= 15 is 0 Å². The van der Waals surface area contributed by atoms with Crippen LogP contribution in [0.25, 0.3) is 16.5 Å². The second kappa shape index (κ2) is 6.01. The third-order valence-corrected chi connectivity index (χ3v) is 3.49. The van der Waals surface area contributed by atoms with Crippen molar-refractivity contribution in [2.24, 2.45) is 0 Å². The summed E-state index contributed by atoms with van der Waals surface area (Å²) in [7, 11) is 0. The minimum absolute atomic E-state index is 0.284. The van der Waals surface area contributed by atoms with Crippen molar-refractivity contribution in [2.45, 2.75) is 6.36 Å². The Morgan fingerprint density at radius 3 is 2.38 bits per heavy atom. The van der Waals surface area contributed by atoms with Gasteiger partial charge in [-0.05, 0) is 48.0 Å². The van der Waals surface area contributed by atoms with Crippen LogP contribution in [0.5, 0.6) is 5.75 Å². The normalized spacial score (nSPS) is 11.8. The lowest BCUT2D eigenvalue weighted by molar-refractivity contribution is -0.274. The van der Waals surface area contributed by atoms with Crippen molar-refractivity contribution in [3.8, 4) is 16.2 Å². The predicted molar refractivity (Wildman–Crippen MR) is 73.1 cm³/mol. The van der Waals surface area contributed by atoms with Gasteiger partial charge >= 0.3 is 12.3 Å². The zero-order valence-electron chi connectivity index (χ0n) is 10.4. The van der Waals surface area contributed by atoms with Crippen molar-refractivity contribution in [3.05, 3.63) is 47.4 Å². The molecular weight excluding hydrogens is 305 g/mol. The minimum atomic E-state index is -4.71. The molecule has 0 bridgehead atoms. The number of carboxylic acid groups (broad SMARTS) is 1. The number of hydrogen-bond donors (Lipinski definition) is 1. The van der Waals surface area contributed by atoms with Gasteiger partial charge in [-0.2, -0.15) is 0 Å². The molecule has 2 rings (SSSR count). The van der Waals surface area contributed by atoms with Crippen molar-refractivity contribution in [3.63, 3.8) is 0 Å². The number of thiophene rings is 1. The van der Waals surface area contributed by atoms with Crippen LogP contribution < -0.4 is 4.74 Å². The SMILES string of the molecule is O=C(O)/C=C/c1ccc(-c2ccc(OC(F)(F)F)cc2)s1. The molecule has 1 aromatic carbocycles. The first-order valence-corrected chi connectivity index (χ1v) is 6.52. The molecule has 0 fully saturated rings. The molecule has 0 radical (unpaired) electrons. The van der Waals surface area contributed by atoms with E-state index in [1.54, 1.807) is 12.1 Å². The van der Waals surface area contributed by atoms with Gasteiger partial charge in [-0.15, -0.1) is 24.5 Å². The van der Waals surface area contributed by atoms with Gasteiger partial charge in [0, 0.05) is 15.8 Å². The molecular formula is C14H9F3O3S. The summed E-state index contributed by atoms with van der Waals surface area (Å²) in [6.07, 6.45) is -2.23. The van der Waals surface area contributed by atoms with Crippen LogP contribution in [0.15, 0.2) is 42.5 Å². The molecule has 0 atom stereocenters. The van der Waals surface area contributed by atoms with Crippen LogP contribution in [-0.4, -0.2) is 17.4 Å². The summed E-state index contributed by atoms with van der Waals surface area (Å²) in [4.78, 5) is 12.0. The average Bonchev–Trinajstić information content (AvgIpc) is 2.84. The van der Waals surface area contributed by atoms with Crippen LogP contribution >= 0.6 is 11.3 Å². The van der Waals surface area contributed by atoms with Gasteiger partial charge < -0.3 is 9.84 Å². The lowest BCUT2D eigenvalue weighted by Gasteiger charge is -2.08. The van der Waals surface area contributed by atoms with E-state index in [9.17, 15) is 18.0 Å². The summed E-state index contributed by atoms with van der Waals surface area (Å²) < 4.78 is 39.9. The number of rotatable bonds is 4.